The number of nitrogens with one attached hydrogen (secondary N) is 1. The van der Waals surface area contributed by atoms with Crippen molar-refractivity contribution in [3.05, 3.63) is 30.0 Å². The van der Waals surface area contributed by atoms with Crippen molar-refractivity contribution >= 4 is 22.8 Å². The predicted molar refractivity (Wildman–Crippen MR) is 88.2 cm³/mol. The van der Waals surface area contributed by atoms with Crippen molar-refractivity contribution in [2.45, 2.75) is 31.9 Å². The summed E-state index contributed by atoms with van der Waals surface area (Å²) in [7, 11) is 0. The van der Waals surface area contributed by atoms with Gasteiger partial charge in [-0.15, -0.1) is 0 Å². The van der Waals surface area contributed by atoms with E-state index in [2.05, 4.69) is 9.72 Å². The van der Waals surface area contributed by atoms with Crippen LogP contribution >= 0.6 is 0 Å². The van der Waals surface area contributed by atoms with E-state index in [4.69, 9.17) is 0 Å². The Morgan fingerprint density at radius 2 is 2.12 bits per heavy atom. The van der Waals surface area contributed by atoms with E-state index in [0.717, 1.165) is 19.3 Å². The second-order valence-corrected chi connectivity index (χ2v) is 6.87. The molecule has 1 aromatic carbocycles. The van der Waals surface area contributed by atoms with E-state index in [1.807, 2.05) is 0 Å². The summed E-state index contributed by atoms with van der Waals surface area (Å²) in [6.45, 7) is -2.56. The number of carboxylic acid groups (broad SMARTS) is 1. The maximum absolute atomic E-state index is 12.9. The number of nitrogens with zero attached hydrogens (tertiary/aromatic N) is 1. The van der Waals surface area contributed by atoms with Gasteiger partial charge >= 0.3 is 12.6 Å². The standard InChI is InChI=1S/C18H18F2N2O4/c19-18(20)26-14-6-2-5-12-11(14)7-13(21-12)16(23)22-8-9-3-1-4-10(9)15(22)17(24)25/h2,5-7,9-10,15,18,21H,1,3-4,8H2,(H,24,25). The molecule has 0 bridgehead atoms. The largest absolute Gasteiger partial charge is 0.480 e. The first-order chi connectivity index (χ1) is 12.5. The molecule has 8 heteroatoms. The van der Waals surface area contributed by atoms with E-state index < -0.39 is 24.5 Å². The molecular weight excluding hydrogens is 346 g/mol. The van der Waals surface area contributed by atoms with Crippen LogP contribution in [0, 0.1) is 11.8 Å². The third-order valence-corrected chi connectivity index (χ3v) is 5.47. The summed E-state index contributed by atoms with van der Waals surface area (Å²) in [5.41, 5.74) is 0.661. The van der Waals surface area contributed by atoms with Crippen LogP contribution in [0.4, 0.5) is 8.78 Å². The van der Waals surface area contributed by atoms with Crippen LogP contribution in [0.2, 0.25) is 0 Å². The van der Waals surface area contributed by atoms with Crippen LogP contribution in [0.15, 0.2) is 24.3 Å². The van der Waals surface area contributed by atoms with Gasteiger partial charge in [-0.25, -0.2) is 4.79 Å². The van der Waals surface area contributed by atoms with Crippen molar-refractivity contribution in [1.82, 2.24) is 9.88 Å². The number of ether oxygens (including phenoxy) is 1. The lowest BCUT2D eigenvalue weighted by molar-refractivity contribution is -0.142. The number of H-pyrrole nitrogens is 1. The Bertz CT molecular complexity index is 866. The Kier molecular flexibility index (Phi) is 4.05. The Labute approximate surface area is 147 Å². The van der Waals surface area contributed by atoms with Crippen LogP contribution in [0.25, 0.3) is 10.9 Å². The summed E-state index contributed by atoms with van der Waals surface area (Å²) in [5, 5.41) is 9.97. The van der Waals surface area contributed by atoms with Gasteiger partial charge in [0.2, 0.25) is 0 Å². The summed E-state index contributed by atoms with van der Waals surface area (Å²) in [6.07, 6.45) is 2.73. The van der Waals surface area contributed by atoms with Crippen molar-refractivity contribution in [3.8, 4) is 5.75 Å². The predicted octanol–water partition coefficient (Wildman–Crippen LogP) is 3.09. The van der Waals surface area contributed by atoms with Gasteiger partial charge in [0.15, 0.2) is 0 Å². The SMILES string of the molecule is O=C(O)C1C2CCCC2CN1C(=O)c1cc2c(OC(F)F)cccc2[nH]1. The molecule has 3 atom stereocenters. The van der Waals surface area contributed by atoms with Crippen LogP contribution in [-0.4, -0.2) is 46.1 Å². The molecule has 6 nitrogen and oxygen atoms in total. The lowest BCUT2D eigenvalue weighted by Crippen LogP contribution is -2.43. The fourth-order valence-corrected chi connectivity index (χ4v) is 4.43. The number of hydrogen-bond donors (Lipinski definition) is 2. The molecule has 2 N–H and O–H groups in total. The lowest BCUT2D eigenvalue weighted by atomic mass is 9.94. The molecule has 2 fully saturated rings. The van der Waals surface area contributed by atoms with Gasteiger partial charge in [0.1, 0.15) is 17.5 Å². The van der Waals surface area contributed by atoms with Crippen LogP contribution in [0.5, 0.6) is 5.75 Å². The summed E-state index contributed by atoms with van der Waals surface area (Å²) in [4.78, 5) is 29.0. The molecule has 0 spiro atoms. The number of alkyl halides is 2. The number of carboxylic acids is 1. The van der Waals surface area contributed by atoms with Gasteiger partial charge in [-0.2, -0.15) is 8.78 Å². The van der Waals surface area contributed by atoms with Gasteiger partial charge in [0.05, 0.1) is 0 Å². The number of likely N-dealkylation sites (tertiary alicyclic amines) is 1. The van der Waals surface area contributed by atoms with Crippen molar-refractivity contribution in [2.75, 3.05) is 6.54 Å². The molecule has 1 aromatic heterocycles. The monoisotopic (exact) mass is 364 g/mol. The van der Waals surface area contributed by atoms with E-state index in [-0.39, 0.29) is 23.3 Å². The Hall–Kier alpha value is -2.64. The van der Waals surface area contributed by atoms with Crippen molar-refractivity contribution in [1.29, 1.82) is 0 Å². The maximum atomic E-state index is 12.9. The van der Waals surface area contributed by atoms with E-state index in [0.29, 0.717) is 17.4 Å². The fraction of sp³-hybridized carbons (Fsp3) is 0.444. The average Bonchev–Trinajstić information content (AvgIpc) is 3.26. The second kappa shape index (κ2) is 6.26. The summed E-state index contributed by atoms with van der Waals surface area (Å²) in [5.74, 6) is -1.25. The zero-order valence-corrected chi connectivity index (χ0v) is 13.8. The molecule has 1 amide bonds. The zero-order chi connectivity index (χ0) is 18.4. The first kappa shape index (κ1) is 16.8. The van der Waals surface area contributed by atoms with Crippen LogP contribution in [0.3, 0.4) is 0 Å². The molecule has 0 radical (unpaired) electrons. The minimum Gasteiger partial charge on any atom is -0.480 e. The van der Waals surface area contributed by atoms with Crippen molar-refractivity contribution in [2.24, 2.45) is 11.8 Å². The Balaban J connectivity index is 1.67. The van der Waals surface area contributed by atoms with Gasteiger partial charge in [0.25, 0.3) is 5.91 Å². The van der Waals surface area contributed by atoms with Gasteiger partial charge in [-0.1, -0.05) is 12.5 Å². The quantitative estimate of drug-likeness (QED) is 0.873. The topological polar surface area (TPSA) is 82.6 Å². The molecule has 1 aliphatic carbocycles. The summed E-state index contributed by atoms with van der Waals surface area (Å²) >= 11 is 0. The third kappa shape index (κ3) is 2.69. The summed E-state index contributed by atoms with van der Waals surface area (Å²) < 4.78 is 29.6. The molecule has 2 aliphatic rings. The number of amides is 1. The third-order valence-electron chi connectivity index (χ3n) is 5.47. The molecule has 2 aromatic rings. The smallest absolute Gasteiger partial charge is 0.387 e. The van der Waals surface area contributed by atoms with Crippen LogP contribution in [0.1, 0.15) is 29.8 Å². The number of aliphatic carboxylic acids is 1. The second-order valence-electron chi connectivity index (χ2n) is 6.87. The van der Waals surface area contributed by atoms with E-state index in [1.165, 1.54) is 17.0 Å². The highest BCUT2D eigenvalue weighted by molar-refractivity contribution is 6.01. The number of rotatable bonds is 4. The highest BCUT2D eigenvalue weighted by atomic mass is 19.3. The molecule has 1 saturated heterocycles. The molecule has 138 valence electrons. The molecule has 3 unspecified atom stereocenters. The minimum absolute atomic E-state index is 0.0152. The van der Waals surface area contributed by atoms with Gasteiger partial charge < -0.3 is 19.7 Å². The normalized spacial score (nSPS) is 25.0. The average molecular weight is 364 g/mol. The Morgan fingerprint density at radius 1 is 1.31 bits per heavy atom. The van der Waals surface area contributed by atoms with Gasteiger partial charge in [0, 0.05) is 17.4 Å². The number of carbonyl (C=O) groups excluding carboxylic acids is 1. The number of aromatic nitrogens is 1. The van der Waals surface area contributed by atoms with E-state index in [9.17, 15) is 23.5 Å². The molecule has 2 heterocycles. The fourth-order valence-electron chi connectivity index (χ4n) is 4.43. The minimum atomic E-state index is -2.97. The first-order valence-electron chi connectivity index (χ1n) is 8.56. The number of fused-ring (bicyclic) bond motifs is 2. The van der Waals surface area contributed by atoms with Crippen LogP contribution < -0.4 is 4.74 Å². The number of halogens is 2. The molecule has 1 aliphatic heterocycles. The van der Waals surface area contributed by atoms with Gasteiger partial charge in [-0.05, 0) is 42.9 Å². The highest BCUT2D eigenvalue weighted by Crippen LogP contribution is 2.43. The molecule has 26 heavy (non-hydrogen) atoms. The van der Waals surface area contributed by atoms with Crippen molar-refractivity contribution in [3.63, 3.8) is 0 Å². The zero-order valence-electron chi connectivity index (χ0n) is 13.8. The molecule has 4 rings (SSSR count). The van der Waals surface area contributed by atoms with Crippen LogP contribution in [-0.2, 0) is 4.79 Å². The molecule has 1 saturated carbocycles. The number of benzene rings is 1. The number of carbonyl (C=O) groups is 2. The number of aromatic amines is 1. The Morgan fingerprint density at radius 3 is 2.85 bits per heavy atom. The van der Waals surface area contributed by atoms with Crippen molar-refractivity contribution < 1.29 is 28.2 Å². The summed E-state index contributed by atoms with van der Waals surface area (Å²) in [6, 6.07) is 5.21. The molecular formula is C18H18F2N2O4. The maximum Gasteiger partial charge on any atom is 0.387 e. The van der Waals surface area contributed by atoms with E-state index in [1.54, 1.807) is 12.1 Å². The lowest BCUT2D eigenvalue weighted by Gasteiger charge is -2.23. The van der Waals surface area contributed by atoms with Gasteiger partial charge in [-0.3, -0.25) is 4.79 Å². The number of hydrogen-bond acceptors (Lipinski definition) is 3. The van der Waals surface area contributed by atoms with E-state index >= 15 is 0 Å². The first-order valence-corrected chi connectivity index (χ1v) is 8.56. The highest BCUT2D eigenvalue weighted by Gasteiger charge is 2.49.